The number of pyridine rings is 1. The minimum absolute atomic E-state index is 0.0979. The molecule has 2 aromatic rings. The molecule has 6 nitrogen and oxygen atoms in total. The van der Waals surface area contributed by atoms with E-state index < -0.39 is 0 Å². The second-order valence-electron chi connectivity index (χ2n) is 5.79. The number of rotatable bonds is 6. The van der Waals surface area contributed by atoms with Gasteiger partial charge in [-0.2, -0.15) is 0 Å². The lowest BCUT2D eigenvalue weighted by Gasteiger charge is -2.25. The van der Waals surface area contributed by atoms with Crippen LogP contribution in [-0.4, -0.2) is 35.2 Å². The molecule has 1 unspecified atom stereocenters. The van der Waals surface area contributed by atoms with E-state index in [0.29, 0.717) is 12.6 Å². The Hall–Kier alpha value is -2.21. The highest BCUT2D eigenvalue weighted by Gasteiger charge is 2.28. The third-order valence-electron chi connectivity index (χ3n) is 4.16. The minimum Gasteiger partial charge on any atom is -0.385 e. The Kier molecular flexibility index (Phi) is 5.02. The van der Waals surface area contributed by atoms with Gasteiger partial charge >= 0.3 is 0 Å². The summed E-state index contributed by atoms with van der Waals surface area (Å²) < 4.78 is 5.07. The lowest BCUT2D eigenvalue weighted by molar-refractivity contribution is 0.195. The number of H-pyrrole nitrogens is 1. The van der Waals surface area contributed by atoms with E-state index in [1.807, 2.05) is 12.3 Å². The zero-order chi connectivity index (χ0) is 16.1. The maximum Gasteiger partial charge on any atom is 0.252 e. The predicted molar refractivity (Wildman–Crippen MR) is 88.6 cm³/mol. The van der Waals surface area contributed by atoms with Crippen LogP contribution in [0.1, 0.15) is 36.6 Å². The third-order valence-corrected chi connectivity index (χ3v) is 4.16. The molecule has 6 heteroatoms. The van der Waals surface area contributed by atoms with Crippen LogP contribution < -0.4 is 10.5 Å². The van der Waals surface area contributed by atoms with E-state index in [1.165, 1.54) is 0 Å². The number of aromatic amines is 1. The highest BCUT2D eigenvalue weighted by Crippen LogP contribution is 2.33. The third kappa shape index (κ3) is 3.76. The van der Waals surface area contributed by atoms with E-state index in [4.69, 9.17) is 4.74 Å². The molecular formula is C17H22N4O2. The van der Waals surface area contributed by atoms with E-state index in [-0.39, 0.29) is 11.6 Å². The van der Waals surface area contributed by atoms with Crippen LogP contribution in [0.5, 0.6) is 0 Å². The van der Waals surface area contributed by atoms with Crippen molar-refractivity contribution in [3.05, 3.63) is 52.2 Å². The summed E-state index contributed by atoms with van der Waals surface area (Å²) >= 11 is 0. The van der Waals surface area contributed by atoms with Gasteiger partial charge in [0.2, 0.25) is 5.95 Å². The highest BCUT2D eigenvalue weighted by atomic mass is 16.5. The number of methoxy groups -OCH3 is 1. The lowest BCUT2D eigenvalue weighted by Crippen LogP contribution is -2.27. The number of hydrogen-bond acceptors (Lipinski definition) is 5. The average Bonchev–Trinajstić information content (AvgIpc) is 3.05. The quantitative estimate of drug-likeness (QED) is 0.827. The summed E-state index contributed by atoms with van der Waals surface area (Å²) in [4.78, 5) is 25.9. The zero-order valence-corrected chi connectivity index (χ0v) is 13.4. The van der Waals surface area contributed by atoms with Gasteiger partial charge in [-0.25, -0.2) is 4.98 Å². The number of anilines is 1. The molecule has 23 heavy (non-hydrogen) atoms. The maximum absolute atomic E-state index is 12.0. The van der Waals surface area contributed by atoms with Crippen LogP contribution in [-0.2, 0) is 11.2 Å². The van der Waals surface area contributed by atoms with Crippen LogP contribution in [0.15, 0.2) is 35.4 Å². The Labute approximate surface area is 135 Å². The number of nitrogens with one attached hydrogen (secondary N) is 1. The molecule has 0 radical (unpaired) electrons. The second kappa shape index (κ2) is 7.37. The van der Waals surface area contributed by atoms with Gasteiger partial charge in [-0.3, -0.25) is 14.8 Å². The van der Waals surface area contributed by atoms with E-state index in [9.17, 15) is 4.79 Å². The van der Waals surface area contributed by atoms with Crippen LogP contribution in [0.2, 0.25) is 0 Å². The van der Waals surface area contributed by atoms with Gasteiger partial charge in [0.25, 0.3) is 5.56 Å². The monoisotopic (exact) mass is 314 g/mol. The molecule has 3 heterocycles. The first-order valence-electron chi connectivity index (χ1n) is 8.03. The van der Waals surface area contributed by atoms with Gasteiger partial charge in [0.15, 0.2) is 0 Å². The molecule has 0 aliphatic carbocycles. The fourth-order valence-corrected chi connectivity index (χ4v) is 3.10. The fourth-order valence-electron chi connectivity index (χ4n) is 3.10. The van der Waals surface area contributed by atoms with Crippen molar-refractivity contribution < 1.29 is 4.74 Å². The Balaban J connectivity index is 1.83. The molecule has 1 fully saturated rings. The molecule has 0 saturated carbocycles. The summed E-state index contributed by atoms with van der Waals surface area (Å²) in [5, 5.41) is 0. The number of aromatic nitrogens is 3. The molecule has 1 N–H and O–H groups in total. The fraction of sp³-hybridized carbons (Fsp3) is 0.471. The van der Waals surface area contributed by atoms with Gasteiger partial charge < -0.3 is 9.64 Å². The number of hydrogen-bond donors (Lipinski definition) is 1. The molecule has 1 atom stereocenters. The molecule has 0 amide bonds. The van der Waals surface area contributed by atoms with Crippen molar-refractivity contribution in [1.82, 2.24) is 15.0 Å². The van der Waals surface area contributed by atoms with E-state index >= 15 is 0 Å². The minimum atomic E-state index is -0.0979. The summed E-state index contributed by atoms with van der Waals surface area (Å²) in [6.07, 6.45) is 7.40. The van der Waals surface area contributed by atoms with Gasteiger partial charge in [0, 0.05) is 44.4 Å². The molecular weight excluding hydrogens is 292 g/mol. The standard InChI is InChI=1S/C17H22N4O2/c1-23-10-4-6-14-11-16(22)20-17(19-14)21-9-3-7-15(21)13-5-2-8-18-12-13/h2,5,8,11-12,15H,3-4,6-7,9-10H2,1H3,(H,19,20,22). The van der Waals surface area contributed by atoms with Crippen LogP contribution >= 0.6 is 0 Å². The first kappa shape index (κ1) is 15.7. The summed E-state index contributed by atoms with van der Waals surface area (Å²) in [5.41, 5.74) is 1.88. The molecule has 3 rings (SSSR count). The molecule has 1 aliphatic heterocycles. The van der Waals surface area contributed by atoms with Crippen LogP contribution in [0, 0.1) is 0 Å². The van der Waals surface area contributed by atoms with Crippen molar-refractivity contribution in [3.63, 3.8) is 0 Å². The van der Waals surface area contributed by atoms with Crippen molar-refractivity contribution in [1.29, 1.82) is 0 Å². The van der Waals surface area contributed by atoms with Gasteiger partial charge in [0.1, 0.15) is 0 Å². The molecule has 0 spiro atoms. The molecule has 2 aromatic heterocycles. The van der Waals surface area contributed by atoms with Gasteiger partial charge in [-0.1, -0.05) is 6.07 Å². The maximum atomic E-state index is 12.0. The number of nitrogens with zero attached hydrogens (tertiary/aromatic N) is 3. The lowest BCUT2D eigenvalue weighted by atomic mass is 10.1. The van der Waals surface area contributed by atoms with Crippen LogP contribution in [0.25, 0.3) is 0 Å². The topological polar surface area (TPSA) is 71.1 Å². The summed E-state index contributed by atoms with van der Waals surface area (Å²) in [5.74, 6) is 0.663. The smallest absolute Gasteiger partial charge is 0.252 e. The van der Waals surface area contributed by atoms with E-state index in [2.05, 4.69) is 25.9 Å². The predicted octanol–water partition coefficient (Wildman–Crippen LogP) is 2.09. The van der Waals surface area contributed by atoms with Gasteiger partial charge in [-0.15, -0.1) is 0 Å². The van der Waals surface area contributed by atoms with Crippen molar-refractivity contribution in [2.24, 2.45) is 0 Å². The summed E-state index contributed by atoms with van der Waals surface area (Å²) in [6, 6.07) is 5.83. The Morgan fingerprint density at radius 1 is 1.48 bits per heavy atom. The Bertz CT molecular complexity index is 686. The molecule has 122 valence electrons. The average molecular weight is 314 g/mol. The Morgan fingerprint density at radius 2 is 2.39 bits per heavy atom. The molecule has 1 saturated heterocycles. The largest absolute Gasteiger partial charge is 0.385 e. The van der Waals surface area contributed by atoms with Crippen LogP contribution in [0.3, 0.4) is 0 Å². The number of aryl methyl sites for hydroxylation is 1. The molecule has 0 aromatic carbocycles. The zero-order valence-electron chi connectivity index (χ0n) is 13.4. The first-order chi connectivity index (χ1) is 11.3. The van der Waals surface area contributed by atoms with Crippen molar-refractivity contribution in [3.8, 4) is 0 Å². The second-order valence-corrected chi connectivity index (χ2v) is 5.79. The molecule has 1 aliphatic rings. The number of ether oxygens (including phenoxy) is 1. The summed E-state index contributed by atoms with van der Waals surface area (Å²) in [6.45, 7) is 1.57. The summed E-state index contributed by atoms with van der Waals surface area (Å²) in [7, 11) is 1.68. The molecule has 0 bridgehead atoms. The normalized spacial score (nSPS) is 17.6. The van der Waals surface area contributed by atoms with Gasteiger partial charge in [-0.05, 0) is 37.3 Å². The van der Waals surface area contributed by atoms with Gasteiger partial charge in [0.05, 0.1) is 6.04 Å². The van der Waals surface area contributed by atoms with Crippen molar-refractivity contribution in [2.75, 3.05) is 25.2 Å². The SMILES string of the molecule is COCCCc1cc(=O)[nH]c(N2CCCC2c2cccnc2)n1. The van der Waals surface area contributed by atoms with Crippen LogP contribution in [0.4, 0.5) is 5.95 Å². The van der Waals surface area contributed by atoms with E-state index in [1.54, 1.807) is 19.4 Å². The van der Waals surface area contributed by atoms with E-state index in [0.717, 1.165) is 43.5 Å². The first-order valence-corrected chi connectivity index (χ1v) is 8.03. The van der Waals surface area contributed by atoms with Crippen molar-refractivity contribution >= 4 is 5.95 Å². The Morgan fingerprint density at radius 3 is 3.17 bits per heavy atom. The van der Waals surface area contributed by atoms with Crippen molar-refractivity contribution in [2.45, 2.75) is 31.7 Å². The highest BCUT2D eigenvalue weighted by molar-refractivity contribution is 5.38.